The third kappa shape index (κ3) is 2.99. The first kappa shape index (κ1) is 14.1. The molecule has 0 radical (unpaired) electrons. The van der Waals surface area contributed by atoms with Crippen molar-refractivity contribution in [2.24, 2.45) is 5.92 Å². The summed E-state index contributed by atoms with van der Waals surface area (Å²) < 4.78 is 11.1. The number of ether oxygens (including phenoxy) is 1. The predicted molar refractivity (Wildman–Crippen MR) is 87.2 cm³/mol. The van der Waals surface area contributed by atoms with Gasteiger partial charge >= 0.3 is 0 Å². The van der Waals surface area contributed by atoms with Crippen molar-refractivity contribution in [3.8, 4) is 5.75 Å². The topological polar surface area (TPSA) is 37.6 Å². The van der Waals surface area contributed by atoms with E-state index in [0.717, 1.165) is 47.5 Å². The number of methoxy groups -OCH3 is 1. The van der Waals surface area contributed by atoms with Gasteiger partial charge in [-0.1, -0.05) is 0 Å². The summed E-state index contributed by atoms with van der Waals surface area (Å²) in [6.45, 7) is 4.46. The van der Waals surface area contributed by atoms with E-state index in [4.69, 9.17) is 9.15 Å². The van der Waals surface area contributed by atoms with E-state index in [9.17, 15) is 0 Å². The highest BCUT2D eigenvalue weighted by molar-refractivity contribution is 5.79. The summed E-state index contributed by atoms with van der Waals surface area (Å²) in [5.41, 5.74) is 0.929. The van der Waals surface area contributed by atoms with Crippen molar-refractivity contribution in [1.82, 2.24) is 10.2 Å². The zero-order valence-corrected chi connectivity index (χ0v) is 13.2. The van der Waals surface area contributed by atoms with Gasteiger partial charge in [0.1, 0.15) is 17.1 Å². The van der Waals surface area contributed by atoms with E-state index < -0.39 is 0 Å². The Balaban J connectivity index is 1.30. The SMILES string of the molecule is COc1ccc2oc(CNC[C@@H]3CCN(C4CC4)C3)cc2c1. The molecule has 1 N–H and O–H groups in total. The highest BCUT2D eigenvalue weighted by Gasteiger charge is 2.33. The third-order valence-electron chi connectivity index (χ3n) is 4.89. The number of benzene rings is 1. The van der Waals surface area contributed by atoms with Crippen LogP contribution in [0, 0.1) is 5.92 Å². The number of nitrogens with zero attached hydrogens (tertiary/aromatic N) is 1. The number of fused-ring (bicyclic) bond motifs is 1. The highest BCUT2D eigenvalue weighted by atomic mass is 16.5. The van der Waals surface area contributed by atoms with Crippen LogP contribution in [-0.4, -0.2) is 37.7 Å². The largest absolute Gasteiger partial charge is 0.497 e. The van der Waals surface area contributed by atoms with Gasteiger partial charge in [-0.15, -0.1) is 0 Å². The summed E-state index contributed by atoms with van der Waals surface area (Å²) in [7, 11) is 1.69. The molecule has 22 heavy (non-hydrogen) atoms. The molecule has 2 fully saturated rings. The maximum Gasteiger partial charge on any atom is 0.134 e. The van der Waals surface area contributed by atoms with Crippen molar-refractivity contribution in [1.29, 1.82) is 0 Å². The lowest BCUT2D eigenvalue weighted by atomic mass is 10.1. The quantitative estimate of drug-likeness (QED) is 0.890. The lowest BCUT2D eigenvalue weighted by molar-refractivity contribution is 0.311. The van der Waals surface area contributed by atoms with E-state index in [1.54, 1.807) is 7.11 Å². The van der Waals surface area contributed by atoms with Gasteiger partial charge in [0.2, 0.25) is 0 Å². The van der Waals surface area contributed by atoms with Crippen molar-refractivity contribution in [2.75, 3.05) is 26.7 Å². The molecule has 4 nitrogen and oxygen atoms in total. The molecule has 2 aromatic rings. The third-order valence-corrected chi connectivity index (χ3v) is 4.89. The van der Waals surface area contributed by atoms with Crippen LogP contribution < -0.4 is 10.1 Å². The van der Waals surface area contributed by atoms with E-state index in [-0.39, 0.29) is 0 Å². The number of furan rings is 1. The monoisotopic (exact) mass is 300 g/mol. The Hall–Kier alpha value is -1.52. The molecule has 0 unspecified atom stereocenters. The maximum atomic E-state index is 5.87. The van der Waals surface area contributed by atoms with Gasteiger partial charge in [-0.05, 0) is 62.5 Å². The summed E-state index contributed by atoms with van der Waals surface area (Å²) in [6, 6.07) is 8.95. The van der Waals surface area contributed by atoms with E-state index in [1.807, 2.05) is 18.2 Å². The normalized spacial score (nSPS) is 22.5. The van der Waals surface area contributed by atoms with E-state index in [1.165, 1.54) is 32.4 Å². The molecule has 0 bridgehead atoms. The fourth-order valence-corrected chi connectivity index (χ4v) is 3.49. The Labute approximate surface area is 131 Å². The number of rotatable bonds is 6. The van der Waals surface area contributed by atoms with Gasteiger partial charge in [-0.3, -0.25) is 0 Å². The molecular weight excluding hydrogens is 276 g/mol. The second-order valence-corrected chi connectivity index (χ2v) is 6.63. The molecule has 1 aromatic carbocycles. The Bertz CT molecular complexity index is 648. The maximum absolute atomic E-state index is 5.87. The fraction of sp³-hybridized carbons (Fsp3) is 0.556. The smallest absolute Gasteiger partial charge is 0.134 e. The minimum absolute atomic E-state index is 0.796. The average molecular weight is 300 g/mol. The molecule has 1 saturated heterocycles. The molecule has 2 heterocycles. The molecule has 118 valence electrons. The van der Waals surface area contributed by atoms with Crippen LogP contribution in [0.5, 0.6) is 5.75 Å². The van der Waals surface area contributed by atoms with E-state index >= 15 is 0 Å². The zero-order valence-electron chi connectivity index (χ0n) is 13.2. The van der Waals surface area contributed by atoms with Crippen LogP contribution >= 0.6 is 0 Å². The average Bonchev–Trinajstić information content (AvgIpc) is 3.14. The minimum atomic E-state index is 0.796. The van der Waals surface area contributed by atoms with Gasteiger partial charge in [0, 0.05) is 18.0 Å². The van der Waals surface area contributed by atoms with Crippen molar-refractivity contribution in [3.63, 3.8) is 0 Å². The van der Waals surface area contributed by atoms with Crippen LogP contribution in [0.3, 0.4) is 0 Å². The molecule has 1 aromatic heterocycles. The summed E-state index contributed by atoms with van der Waals surface area (Å²) in [5, 5.41) is 4.67. The number of hydrogen-bond acceptors (Lipinski definition) is 4. The standard InChI is InChI=1S/C18H24N2O2/c1-21-16-4-5-18-14(8-16)9-17(22-18)11-19-10-13-6-7-20(12-13)15-2-3-15/h4-5,8-9,13,15,19H,2-3,6-7,10-12H2,1H3/t13-/m0/s1. The molecule has 1 aliphatic carbocycles. The first-order valence-corrected chi connectivity index (χ1v) is 8.33. The number of hydrogen-bond donors (Lipinski definition) is 1. The van der Waals surface area contributed by atoms with Gasteiger partial charge in [0.25, 0.3) is 0 Å². The number of nitrogens with one attached hydrogen (secondary N) is 1. The Morgan fingerprint density at radius 2 is 2.18 bits per heavy atom. The Morgan fingerprint density at radius 3 is 3.00 bits per heavy atom. The summed E-state index contributed by atoms with van der Waals surface area (Å²) in [5.74, 6) is 2.67. The minimum Gasteiger partial charge on any atom is -0.497 e. The van der Waals surface area contributed by atoms with Crippen molar-refractivity contribution >= 4 is 11.0 Å². The second-order valence-electron chi connectivity index (χ2n) is 6.63. The molecule has 1 atom stereocenters. The van der Waals surface area contributed by atoms with Crippen LogP contribution in [-0.2, 0) is 6.54 Å². The van der Waals surface area contributed by atoms with Gasteiger partial charge in [0.05, 0.1) is 13.7 Å². The predicted octanol–water partition coefficient (Wildman–Crippen LogP) is 3.02. The van der Waals surface area contributed by atoms with Gasteiger partial charge in [0.15, 0.2) is 0 Å². The summed E-state index contributed by atoms with van der Waals surface area (Å²) in [6.07, 6.45) is 4.17. The van der Waals surface area contributed by atoms with Gasteiger partial charge in [-0.25, -0.2) is 0 Å². The summed E-state index contributed by atoms with van der Waals surface area (Å²) >= 11 is 0. The summed E-state index contributed by atoms with van der Waals surface area (Å²) in [4.78, 5) is 2.67. The van der Waals surface area contributed by atoms with Gasteiger partial charge in [-0.2, -0.15) is 0 Å². The molecule has 0 amide bonds. The molecule has 0 spiro atoms. The van der Waals surface area contributed by atoms with E-state index in [0.29, 0.717) is 0 Å². The highest BCUT2D eigenvalue weighted by Crippen LogP contribution is 2.31. The molecule has 4 heteroatoms. The lowest BCUT2D eigenvalue weighted by Gasteiger charge is -2.14. The Morgan fingerprint density at radius 1 is 1.27 bits per heavy atom. The van der Waals surface area contributed by atoms with Crippen LogP contribution in [0.2, 0.25) is 0 Å². The first-order chi connectivity index (χ1) is 10.8. The van der Waals surface area contributed by atoms with Crippen LogP contribution in [0.15, 0.2) is 28.7 Å². The Kier molecular flexibility index (Phi) is 3.80. The van der Waals surface area contributed by atoms with Crippen molar-refractivity contribution in [2.45, 2.75) is 31.8 Å². The van der Waals surface area contributed by atoms with Crippen LogP contribution in [0.4, 0.5) is 0 Å². The number of likely N-dealkylation sites (tertiary alicyclic amines) is 1. The van der Waals surface area contributed by atoms with Crippen molar-refractivity contribution in [3.05, 3.63) is 30.0 Å². The second kappa shape index (κ2) is 5.94. The zero-order chi connectivity index (χ0) is 14.9. The molecule has 1 saturated carbocycles. The fourth-order valence-electron chi connectivity index (χ4n) is 3.49. The molecular formula is C18H24N2O2. The van der Waals surface area contributed by atoms with Crippen LogP contribution in [0.25, 0.3) is 11.0 Å². The van der Waals surface area contributed by atoms with Crippen molar-refractivity contribution < 1.29 is 9.15 Å². The van der Waals surface area contributed by atoms with E-state index in [2.05, 4.69) is 16.3 Å². The molecule has 2 aliphatic rings. The van der Waals surface area contributed by atoms with Crippen LogP contribution in [0.1, 0.15) is 25.0 Å². The first-order valence-electron chi connectivity index (χ1n) is 8.33. The lowest BCUT2D eigenvalue weighted by Crippen LogP contribution is -2.27. The molecule has 1 aliphatic heterocycles. The van der Waals surface area contributed by atoms with Gasteiger partial charge < -0.3 is 19.4 Å². The molecule has 4 rings (SSSR count).